The highest BCUT2D eigenvalue weighted by atomic mass is 16.3. The molecule has 0 saturated carbocycles. The molecule has 4 nitrogen and oxygen atoms in total. The van der Waals surface area contributed by atoms with Crippen LogP contribution in [0.2, 0.25) is 0 Å². The van der Waals surface area contributed by atoms with Gasteiger partial charge in [-0.25, -0.2) is 9.97 Å². The van der Waals surface area contributed by atoms with Crippen LogP contribution in [0.5, 0.6) is 0 Å². The smallest absolute Gasteiger partial charge is 0.180 e. The molecule has 4 heteroatoms. The van der Waals surface area contributed by atoms with Crippen LogP contribution in [0.4, 0.5) is 0 Å². The number of aromatic nitrogens is 3. The zero-order valence-electron chi connectivity index (χ0n) is 26.0. The predicted octanol–water partition coefficient (Wildman–Crippen LogP) is 11.1. The van der Waals surface area contributed by atoms with Gasteiger partial charge in [-0.3, -0.25) is 0 Å². The topological polar surface area (TPSA) is 43.9 Å². The summed E-state index contributed by atoms with van der Waals surface area (Å²) in [6.07, 6.45) is 0. The monoisotopic (exact) mass is 603 g/mol. The highest BCUT2D eigenvalue weighted by Gasteiger charge is 2.38. The summed E-state index contributed by atoms with van der Waals surface area (Å²) in [5.41, 5.74) is 13.7. The van der Waals surface area contributed by atoms with E-state index in [0.29, 0.717) is 11.4 Å². The zero-order chi connectivity index (χ0) is 31.3. The van der Waals surface area contributed by atoms with Crippen LogP contribution in [0, 0.1) is 0 Å². The molecular formula is C43H29N3O. The average molecular weight is 604 g/mol. The average Bonchev–Trinajstić information content (AvgIpc) is 3.74. The normalized spacial score (nSPS) is 13.5. The molecule has 0 spiro atoms. The van der Waals surface area contributed by atoms with Crippen LogP contribution in [-0.2, 0) is 5.41 Å². The Labute approximate surface area is 271 Å². The van der Waals surface area contributed by atoms with Crippen molar-refractivity contribution in [1.29, 1.82) is 0 Å². The van der Waals surface area contributed by atoms with E-state index >= 15 is 0 Å². The molecule has 0 aliphatic heterocycles. The van der Waals surface area contributed by atoms with E-state index in [9.17, 15) is 0 Å². The fraction of sp³-hybridized carbons (Fsp3) is 0.0698. The van der Waals surface area contributed by atoms with Crippen LogP contribution in [0.3, 0.4) is 0 Å². The Kier molecular flexibility index (Phi) is 5.31. The first-order valence-electron chi connectivity index (χ1n) is 16.1. The van der Waals surface area contributed by atoms with E-state index in [1.54, 1.807) is 0 Å². The Balaban J connectivity index is 1.32. The van der Waals surface area contributed by atoms with Crippen molar-refractivity contribution >= 4 is 43.9 Å². The molecule has 6 aromatic carbocycles. The molecule has 222 valence electrons. The highest BCUT2D eigenvalue weighted by Crippen LogP contribution is 2.53. The van der Waals surface area contributed by atoms with Gasteiger partial charge >= 0.3 is 0 Å². The number of fused-ring (bicyclic) bond motifs is 10. The van der Waals surface area contributed by atoms with E-state index in [1.165, 1.54) is 38.5 Å². The van der Waals surface area contributed by atoms with Gasteiger partial charge in [-0.1, -0.05) is 123 Å². The zero-order valence-corrected chi connectivity index (χ0v) is 26.0. The molecule has 3 aromatic heterocycles. The summed E-state index contributed by atoms with van der Waals surface area (Å²) in [7, 11) is 0. The van der Waals surface area contributed by atoms with E-state index < -0.39 is 0 Å². The molecule has 0 unspecified atom stereocenters. The quantitative estimate of drug-likeness (QED) is 0.202. The summed E-state index contributed by atoms with van der Waals surface area (Å²) in [6.45, 7) is 4.72. The maximum absolute atomic E-state index is 6.42. The van der Waals surface area contributed by atoms with Crippen molar-refractivity contribution in [1.82, 2.24) is 14.5 Å². The standard InChI is InChI=1S/C43H29N3O/c1-43(2)33-20-10-6-16-27(33)29-24-25-30-28-17-7-11-21-34(28)46(40(30)37(29)43)35-22-12-8-18-31(35)42-44-38(26-14-4-3-5-15-26)41-39(45-42)32-19-9-13-23-36(32)47-41/h3-25H,1-2H3. The highest BCUT2D eigenvalue weighted by molar-refractivity contribution is 6.13. The van der Waals surface area contributed by atoms with Crippen LogP contribution in [-0.4, -0.2) is 14.5 Å². The largest absolute Gasteiger partial charge is 0.452 e. The molecule has 9 aromatic rings. The molecule has 0 atom stereocenters. The van der Waals surface area contributed by atoms with Crippen molar-refractivity contribution in [3.63, 3.8) is 0 Å². The fourth-order valence-electron chi connectivity index (χ4n) is 7.92. The first-order chi connectivity index (χ1) is 23.1. The third kappa shape index (κ3) is 3.58. The molecule has 0 saturated heterocycles. The number of furan rings is 1. The second-order valence-corrected chi connectivity index (χ2v) is 13.0. The van der Waals surface area contributed by atoms with Gasteiger partial charge < -0.3 is 8.98 Å². The van der Waals surface area contributed by atoms with Crippen molar-refractivity contribution < 1.29 is 4.42 Å². The Morgan fingerprint density at radius 1 is 0.574 bits per heavy atom. The number of hydrogen-bond donors (Lipinski definition) is 0. The molecule has 3 heterocycles. The Hall–Kier alpha value is -6.00. The minimum Gasteiger partial charge on any atom is -0.452 e. The molecule has 47 heavy (non-hydrogen) atoms. The van der Waals surface area contributed by atoms with E-state index in [0.717, 1.165) is 44.5 Å². The van der Waals surface area contributed by atoms with Gasteiger partial charge in [-0.05, 0) is 52.6 Å². The Bertz CT molecular complexity index is 2710. The first-order valence-corrected chi connectivity index (χ1v) is 16.1. The van der Waals surface area contributed by atoms with E-state index in [4.69, 9.17) is 14.4 Å². The van der Waals surface area contributed by atoms with Crippen molar-refractivity contribution in [2.45, 2.75) is 19.3 Å². The van der Waals surface area contributed by atoms with Crippen molar-refractivity contribution in [3.05, 3.63) is 151 Å². The van der Waals surface area contributed by atoms with Gasteiger partial charge in [0.15, 0.2) is 11.4 Å². The van der Waals surface area contributed by atoms with Gasteiger partial charge in [-0.2, -0.15) is 0 Å². The van der Waals surface area contributed by atoms with Crippen LogP contribution >= 0.6 is 0 Å². The van der Waals surface area contributed by atoms with Gasteiger partial charge in [0.2, 0.25) is 0 Å². The lowest BCUT2D eigenvalue weighted by Gasteiger charge is -2.24. The lowest BCUT2D eigenvalue weighted by Crippen LogP contribution is -2.16. The summed E-state index contributed by atoms with van der Waals surface area (Å²) < 4.78 is 8.87. The van der Waals surface area contributed by atoms with Crippen LogP contribution in [0.25, 0.3) is 83.3 Å². The maximum atomic E-state index is 6.42. The van der Waals surface area contributed by atoms with Crippen LogP contribution in [0.1, 0.15) is 25.0 Å². The Morgan fingerprint density at radius 2 is 1.28 bits per heavy atom. The Morgan fingerprint density at radius 3 is 2.15 bits per heavy atom. The number of rotatable bonds is 3. The second-order valence-electron chi connectivity index (χ2n) is 13.0. The molecule has 10 rings (SSSR count). The molecule has 0 fully saturated rings. The molecule has 0 radical (unpaired) electrons. The van der Waals surface area contributed by atoms with Crippen molar-refractivity contribution in [2.24, 2.45) is 0 Å². The summed E-state index contributed by atoms with van der Waals surface area (Å²) in [6, 6.07) is 49.2. The number of benzene rings is 6. The van der Waals surface area contributed by atoms with Crippen molar-refractivity contribution in [2.75, 3.05) is 0 Å². The lowest BCUT2D eigenvalue weighted by atomic mass is 9.81. The third-order valence-electron chi connectivity index (χ3n) is 10.0. The van der Waals surface area contributed by atoms with Gasteiger partial charge in [0, 0.05) is 32.7 Å². The van der Waals surface area contributed by atoms with Crippen molar-refractivity contribution in [3.8, 4) is 39.5 Å². The minimum atomic E-state index is -0.182. The summed E-state index contributed by atoms with van der Waals surface area (Å²) in [5.74, 6) is 0.666. The number of para-hydroxylation sites is 3. The molecule has 0 N–H and O–H groups in total. The van der Waals surface area contributed by atoms with E-state index in [2.05, 4.69) is 122 Å². The molecular weight excluding hydrogens is 574 g/mol. The summed E-state index contributed by atoms with van der Waals surface area (Å²) >= 11 is 0. The second kappa shape index (κ2) is 9.51. The predicted molar refractivity (Wildman–Crippen MR) is 192 cm³/mol. The number of nitrogens with zero attached hydrogens (tertiary/aromatic N) is 3. The summed E-state index contributed by atoms with van der Waals surface area (Å²) in [4.78, 5) is 10.5. The lowest BCUT2D eigenvalue weighted by molar-refractivity contribution is 0.664. The van der Waals surface area contributed by atoms with E-state index in [-0.39, 0.29) is 5.41 Å². The molecule has 0 amide bonds. The maximum Gasteiger partial charge on any atom is 0.180 e. The van der Waals surface area contributed by atoms with E-state index in [1.807, 2.05) is 36.4 Å². The van der Waals surface area contributed by atoms with Gasteiger partial charge in [-0.15, -0.1) is 0 Å². The fourth-order valence-corrected chi connectivity index (χ4v) is 7.92. The van der Waals surface area contributed by atoms with Crippen LogP contribution < -0.4 is 0 Å². The molecule has 0 bridgehead atoms. The van der Waals surface area contributed by atoms with Crippen LogP contribution in [0.15, 0.2) is 144 Å². The summed E-state index contributed by atoms with van der Waals surface area (Å²) in [5, 5.41) is 3.46. The first kappa shape index (κ1) is 26.2. The number of hydrogen-bond acceptors (Lipinski definition) is 3. The molecule has 1 aliphatic rings. The SMILES string of the molecule is CC1(C)c2ccccc2-c2ccc3c4ccccc4n(-c4ccccc4-c4nc(-c5ccccc5)c5oc6ccccc6c5n4)c3c21. The minimum absolute atomic E-state index is 0.182. The van der Waals surface area contributed by atoms with Gasteiger partial charge in [0.25, 0.3) is 0 Å². The third-order valence-corrected chi connectivity index (χ3v) is 10.0. The van der Waals surface area contributed by atoms with Gasteiger partial charge in [0.05, 0.1) is 16.7 Å². The molecule has 1 aliphatic carbocycles. The van der Waals surface area contributed by atoms with Gasteiger partial charge in [0.1, 0.15) is 16.8 Å².